The van der Waals surface area contributed by atoms with Crippen LogP contribution in [0.3, 0.4) is 0 Å². The van der Waals surface area contributed by atoms with E-state index in [1.165, 1.54) is 12.1 Å². The van der Waals surface area contributed by atoms with E-state index in [2.05, 4.69) is 10.3 Å². The number of aryl methyl sites for hydroxylation is 1. The zero-order valence-electron chi connectivity index (χ0n) is 9.15. The molecule has 16 heavy (non-hydrogen) atoms. The van der Waals surface area contributed by atoms with E-state index in [9.17, 15) is 4.39 Å². The van der Waals surface area contributed by atoms with Crippen LogP contribution in [0.15, 0.2) is 36.7 Å². The summed E-state index contributed by atoms with van der Waals surface area (Å²) in [5.41, 5.74) is 0.800. The lowest BCUT2D eigenvalue weighted by molar-refractivity contribution is 0.628. The summed E-state index contributed by atoms with van der Waals surface area (Å²) in [6.07, 6.45) is 4.51. The van der Waals surface area contributed by atoms with E-state index in [-0.39, 0.29) is 5.82 Å². The Morgan fingerprint density at radius 1 is 1.44 bits per heavy atom. The van der Waals surface area contributed by atoms with Gasteiger partial charge in [-0.2, -0.15) is 0 Å². The number of anilines is 1. The molecule has 4 heteroatoms. The lowest BCUT2D eigenvalue weighted by Gasteiger charge is -2.06. The summed E-state index contributed by atoms with van der Waals surface area (Å²) in [6, 6.07) is 6.46. The van der Waals surface area contributed by atoms with E-state index in [4.69, 9.17) is 0 Å². The van der Waals surface area contributed by atoms with Gasteiger partial charge in [-0.05, 0) is 18.2 Å². The Morgan fingerprint density at radius 3 is 3.00 bits per heavy atom. The van der Waals surface area contributed by atoms with Crippen LogP contribution in [0.5, 0.6) is 0 Å². The second-order valence-electron chi connectivity index (χ2n) is 3.64. The molecule has 0 aliphatic carbocycles. The maximum absolute atomic E-state index is 12.9. The molecule has 1 N–H and O–H groups in total. The molecular formula is C12H14FN3. The van der Waals surface area contributed by atoms with Gasteiger partial charge in [-0.3, -0.25) is 0 Å². The fourth-order valence-electron chi connectivity index (χ4n) is 1.55. The SMILES string of the molecule is Cn1ccnc1CCNc1cccc(F)c1. The maximum atomic E-state index is 12.9. The zero-order chi connectivity index (χ0) is 11.4. The Labute approximate surface area is 93.9 Å². The summed E-state index contributed by atoms with van der Waals surface area (Å²) in [4.78, 5) is 4.21. The lowest BCUT2D eigenvalue weighted by Crippen LogP contribution is -2.08. The summed E-state index contributed by atoms with van der Waals surface area (Å²) in [5.74, 6) is 0.797. The molecule has 0 bridgehead atoms. The average Bonchev–Trinajstić information content (AvgIpc) is 2.65. The van der Waals surface area contributed by atoms with Crippen molar-refractivity contribution in [1.29, 1.82) is 0 Å². The zero-order valence-corrected chi connectivity index (χ0v) is 9.15. The molecule has 0 amide bonds. The molecule has 1 heterocycles. The highest BCUT2D eigenvalue weighted by Gasteiger charge is 1.99. The Morgan fingerprint density at radius 2 is 2.31 bits per heavy atom. The van der Waals surface area contributed by atoms with Crippen LogP contribution in [0.4, 0.5) is 10.1 Å². The number of hydrogen-bond acceptors (Lipinski definition) is 2. The molecule has 0 fully saturated rings. The molecule has 0 aliphatic heterocycles. The predicted molar refractivity (Wildman–Crippen MR) is 61.8 cm³/mol. The Bertz CT molecular complexity index is 465. The van der Waals surface area contributed by atoms with Gasteiger partial charge in [-0.25, -0.2) is 9.37 Å². The number of rotatable bonds is 4. The van der Waals surface area contributed by atoms with Gasteiger partial charge < -0.3 is 9.88 Å². The molecule has 0 atom stereocenters. The molecule has 0 aliphatic rings. The van der Waals surface area contributed by atoms with Crippen LogP contribution in [-0.2, 0) is 13.5 Å². The van der Waals surface area contributed by atoms with Crippen molar-refractivity contribution in [2.45, 2.75) is 6.42 Å². The normalized spacial score (nSPS) is 10.4. The summed E-state index contributed by atoms with van der Waals surface area (Å²) in [5, 5.41) is 3.16. The van der Waals surface area contributed by atoms with Crippen molar-refractivity contribution in [3.63, 3.8) is 0 Å². The fourth-order valence-corrected chi connectivity index (χ4v) is 1.55. The minimum atomic E-state index is -0.220. The monoisotopic (exact) mass is 219 g/mol. The molecule has 2 rings (SSSR count). The van der Waals surface area contributed by atoms with E-state index in [0.717, 1.165) is 24.5 Å². The number of nitrogens with one attached hydrogen (secondary N) is 1. The summed E-state index contributed by atoms with van der Waals surface area (Å²) >= 11 is 0. The van der Waals surface area contributed by atoms with Gasteiger partial charge in [0.25, 0.3) is 0 Å². The number of nitrogens with zero attached hydrogens (tertiary/aromatic N) is 2. The van der Waals surface area contributed by atoms with Gasteiger partial charge in [0.2, 0.25) is 0 Å². The van der Waals surface area contributed by atoms with Crippen LogP contribution in [0.25, 0.3) is 0 Å². The van der Waals surface area contributed by atoms with Crippen molar-refractivity contribution >= 4 is 5.69 Å². The first-order chi connectivity index (χ1) is 7.75. The smallest absolute Gasteiger partial charge is 0.125 e. The highest BCUT2D eigenvalue weighted by atomic mass is 19.1. The molecule has 2 aromatic rings. The van der Waals surface area contributed by atoms with Gasteiger partial charge in [0.15, 0.2) is 0 Å². The second-order valence-corrected chi connectivity index (χ2v) is 3.64. The van der Waals surface area contributed by atoms with Gasteiger partial charge in [-0.1, -0.05) is 6.07 Å². The maximum Gasteiger partial charge on any atom is 0.125 e. The van der Waals surface area contributed by atoms with Crippen molar-refractivity contribution in [3.8, 4) is 0 Å². The summed E-state index contributed by atoms with van der Waals surface area (Å²) < 4.78 is 14.9. The van der Waals surface area contributed by atoms with Crippen molar-refractivity contribution in [1.82, 2.24) is 9.55 Å². The average molecular weight is 219 g/mol. The van der Waals surface area contributed by atoms with Gasteiger partial charge in [0, 0.05) is 38.1 Å². The van der Waals surface area contributed by atoms with E-state index >= 15 is 0 Å². The van der Waals surface area contributed by atoms with Crippen LogP contribution < -0.4 is 5.32 Å². The van der Waals surface area contributed by atoms with Crippen molar-refractivity contribution in [2.75, 3.05) is 11.9 Å². The molecule has 0 unspecified atom stereocenters. The Balaban J connectivity index is 1.87. The molecular weight excluding hydrogens is 205 g/mol. The molecule has 0 saturated carbocycles. The third kappa shape index (κ3) is 2.59. The fraction of sp³-hybridized carbons (Fsp3) is 0.250. The first kappa shape index (κ1) is 10.7. The standard InChI is InChI=1S/C12H14FN3/c1-16-8-7-15-12(16)5-6-14-11-4-2-3-10(13)9-11/h2-4,7-9,14H,5-6H2,1H3. The van der Waals surface area contributed by atoms with Gasteiger partial charge in [-0.15, -0.1) is 0 Å². The van der Waals surface area contributed by atoms with Crippen molar-refractivity contribution < 1.29 is 4.39 Å². The molecule has 1 aromatic heterocycles. The Kier molecular flexibility index (Phi) is 3.19. The van der Waals surface area contributed by atoms with Crippen molar-refractivity contribution in [2.24, 2.45) is 7.05 Å². The largest absolute Gasteiger partial charge is 0.385 e. The van der Waals surface area contributed by atoms with E-state index < -0.39 is 0 Å². The first-order valence-electron chi connectivity index (χ1n) is 5.21. The third-order valence-electron chi connectivity index (χ3n) is 2.42. The first-order valence-corrected chi connectivity index (χ1v) is 5.21. The van der Waals surface area contributed by atoms with E-state index in [1.54, 1.807) is 12.3 Å². The molecule has 1 aromatic carbocycles. The number of aromatic nitrogens is 2. The van der Waals surface area contributed by atoms with Gasteiger partial charge in [0.05, 0.1) is 0 Å². The highest BCUT2D eigenvalue weighted by Crippen LogP contribution is 2.08. The van der Waals surface area contributed by atoms with Crippen LogP contribution in [0.2, 0.25) is 0 Å². The number of hydrogen-bond donors (Lipinski definition) is 1. The molecule has 3 nitrogen and oxygen atoms in total. The highest BCUT2D eigenvalue weighted by molar-refractivity contribution is 5.42. The van der Waals surface area contributed by atoms with Crippen LogP contribution in [-0.4, -0.2) is 16.1 Å². The van der Waals surface area contributed by atoms with E-state index in [1.807, 2.05) is 23.9 Å². The van der Waals surface area contributed by atoms with Crippen molar-refractivity contribution in [3.05, 3.63) is 48.3 Å². The lowest BCUT2D eigenvalue weighted by atomic mass is 10.3. The second kappa shape index (κ2) is 4.79. The van der Waals surface area contributed by atoms with Crippen LogP contribution in [0, 0.1) is 5.82 Å². The molecule has 0 saturated heterocycles. The third-order valence-corrected chi connectivity index (χ3v) is 2.42. The minimum absolute atomic E-state index is 0.220. The quantitative estimate of drug-likeness (QED) is 0.854. The number of benzene rings is 1. The predicted octanol–water partition coefficient (Wildman–Crippen LogP) is 2.21. The Hall–Kier alpha value is -1.84. The van der Waals surface area contributed by atoms with E-state index in [0.29, 0.717) is 0 Å². The van der Waals surface area contributed by atoms with Crippen LogP contribution in [0.1, 0.15) is 5.82 Å². The number of imidazole rings is 1. The summed E-state index contributed by atoms with van der Waals surface area (Å²) in [6.45, 7) is 0.744. The van der Waals surface area contributed by atoms with Gasteiger partial charge >= 0.3 is 0 Å². The molecule has 0 radical (unpaired) electrons. The molecule has 84 valence electrons. The van der Waals surface area contributed by atoms with Gasteiger partial charge in [0.1, 0.15) is 11.6 Å². The number of halogens is 1. The summed E-state index contributed by atoms with van der Waals surface area (Å²) in [7, 11) is 1.96. The topological polar surface area (TPSA) is 29.9 Å². The molecule has 0 spiro atoms. The van der Waals surface area contributed by atoms with Crippen LogP contribution >= 0.6 is 0 Å². The minimum Gasteiger partial charge on any atom is -0.385 e.